The second-order valence-corrected chi connectivity index (χ2v) is 5.00. The van der Waals surface area contributed by atoms with Gasteiger partial charge in [0.1, 0.15) is 6.10 Å². The monoisotopic (exact) mass is 218 g/mol. The van der Waals surface area contributed by atoms with Crippen LogP contribution < -0.4 is 0 Å². The molecule has 0 aromatic rings. The Balaban J connectivity index is 2.14. The highest BCUT2D eigenvalue weighted by molar-refractivity contribution is 5.00. The van der Waals surface area contributed by atoms with Gasteiger partial charge in [-0.1, -0.05) is 0 Å². The van der Waals surface area contributed by atoms with Crippen molar-refractivity contribution in [2.24, 2.45) is 0 Å². The van der Waals surface area contributed by atoms with Crippen LogP contribution in [-0.4, -0.2) is 51.6 Å². The van der Waals surface area contributed by atoms with Crippen molar-refractivity contribution in [3.8, 4) is 0 Å². The standard InChI is InChI=1S/C10H18O5/c1-9(2)14-7-4-10(13,5-11)3-6(12)8(7)15-9/h6-8,11-13H,3-5H2,1-2H3/t6-,7-,8+,10-/m1/s1. The van der Waals surface area contributed by atoms with Crippen molar-refractivity contribution in [1.29, 1.82) is 0 Å². The Morgan fingerprint density at radius 2 is 1.93 bits per heavy atom. The summed E-state index contributed by atoms with van der Waals surface area (Å²) < 4.78 is 11.1. The van der Waals surface area contributed by atoms with E-state index >= 15 is 0 Å². The Labute approximate surface area is 88.6 Å². The van der Waals surface area contributed by atoms with Gasteiger partial charge in [-0.25, -0.2) is 0 Å². The largest absolute Gasteiger partial charge is 0.393 e. The highest BCUT2D eigenvalue weighted by atomic mass is 16.8. The van der Waals surface area contributed by atoms with E-state index in [1.165, 1.54) is 0 Å². The molecule has 1 heterocycles. The predicted octanol–water partition coefficient (Wildman–Crippen LogP) is -0.615. The van der Waals surface area contributed by atoms with Gasteiger partial charge in [-0.2, -0.15) is 0 Å². The highest BCUT2D eigenvalue weighted by Gasteiger charge is 2.52. The summed E-state index contributed by atoms with van der Waals surface area (Å²) in [5.41, 5.74) is -1.25. The van der Waals surface area contributed by atoms with E-state index in [-0.39, 0.29) is 19.1 Å². The van der Waals surface area contributed by atoms with Gasteiger partial charge in [0.05, 0.1) is 24.4 Å². The Kier molecular flexibility index (Phi) is 2.56. The quantitative estimate of drug-likeness (QED) is 0.547. The molecule has 1 aliphatic carbocycles. The van der Waals surface area contributed by atoms with Crippen molar-refractivity contribution >= 4 is 0 Å². The minimum absolute atomic E-state index is 0.129. The fraction of sp³-hybridized carbons (Fsp3) is 1.00. The van der Waals surface area contributed by atoms with Crippen LogP contribution >= 0.6 is 0 Å². The molecule has 0 spiro atoms. The molecule has 0 aromatic carbocycles. The molecule has 4 atom stereocenters. The van der Waals surface area contributed by atoms with E-state index in [0.717, 1.165) is 0 Å². The molecule has 0 radical (unpaired) electrons. The molecule has 1 saturated heterocycles. The maximum absolute atomic E-state index is 9.92. The first-order valence-corrected chi connectivity index (χ1v) is 5.22. The average molecular weight is 218 g/mol. The SMILES string of the molecule is CC1(C)O[C@H]2[C@H](O)C[C@](O)(CO)C[C@H]2O1. The topological polar surface area (TPSA) is 79.2 Å². The van der Waals surface area contributed by atoms with Gasteiger partial charge in [0.2, 0.25) is 0 Å². The second-order valence-electron chi connectivity index (χ2n) is 5.00. The van der Waals surface area contributed by atoms with Crippen molar-refractivity contribution < 1.29 is 24.8 Å². The summed E-state index contributed by atoms with van der Waals surface area (Å²) >= 11 is 0. The number of aliphatic hydroxyl groups excluding tert-OH is 2. The lowest BCUT2D eigenvalue weighted by molar-refractivity contribution is -0.153. The third kappa shape index (κ3) is 2.03. The molecule has 2 fully saturated rings. The normalized spacial score (nSPS) is 49.0. The Morgan fingerprint density at radius 3 is 2.53 bits per heavy atom. The van der Waals surface area contributed by atoms with Crippen molar-refractivity contribution in [1.82, 2.24) is 0 Å². The zero-order valence-electron chi connectivity index (χ0n) is 9.01. The maximum Gasteiger partial charge on any atom is 0.163 e. The molecule has 0 unspecified atom stereocenters. The third-order valence-corrected chi connectivity index (χ3v) is 3.07. The van der Waals surface area contributed by atoms with E-state index in [1.807, 2.05) is 0 Å². The summed E-state index contributed by atoms with van der Waals surface area (Å²) in [7, 11) is 0. The Morgan fingerprint density at radius 1 is 1.27 bits per heavy atom. The zero-order valence-corrected chi connectivity index (χ0v) is 9.01. The van der Waals surface area contributed by atoms with E-state index in [1.54, 1.807) is 13.8 Å². The lowest BCUT2D eigenvalue weighted by Gasteiger charge is -2.38. The van der Waals surface area contributed by atoms with Crippen LogP contribution in [-0.2, 0) is 9.47 Å². The van der Waals surface area contributed by atoms with E-state index in [0.29, 0.717) is 6.42 Å². The van der Waals surface area contributed by atoms with Gasteiger partial charge in [-0.05, 0) is 13.8 Å². The van der Waals surface area contributed by atoms with Crippen LogP contribution in [0.3, 0.4) is 0 Å². The van der Waals surface area contributed by atoms with Crippen molar-refractivity contribution in [2.75, 3.05) is 6.61 Å². The smallest absolute Gasteiger partial charge is 0.163 e. The van der Waals surface area contributed by atoms with Gasteiger partial charge < -0.3 is 24.8 Å². The van der Waals surface area contributed by atoms with Crippen molar-refractivity contribution in [3.05, 3.63) is 0 Å². The van der Waals surface area contributed by atoms with E-state index in [4.69, 9.17) is 14.6 Å². The first-order chi connectivity index (χ1) is 6.85. The number of fused-ring (bicyclic) bond motifs is 1. The molecule has 0 amide bonds. The minimum Gasteiger partial charge on any atom is -0.393 e. The molecule has 2 aliphatic rings. The molecule has 5 nitrogen and oxygen atoms in total. The Hall–Kier alpha value is -0.200. The first-order valence-electron chi connectivity index (χ1n) is 5.22. The molecule has 1 aliphatic heterocycles. The summed E-state index contributed by atoms with van der Waals surface area (Å²) in [6.45, 7) is 3.18. The third-order valence-electron chi connectivity index (χ3n) is 3.07. The van der Waals surface area contributed by atoms with E-state index in [9.17, 15) is 10.2 Å². The van der Waals surface area contributed by atoms with E-state index in [2.05, 4.69) is 0 Å². The van der Waals surface area contributed by atoms with Gasteiger partial charge in [0.15, 0.2) is 5.79 Å². The van der Waals surface area contributed by atoms with E-state index < -0.39 is 23.6 Å². The summed E-state index contributed by atoms with van der Waals surface area (Å²) in [5, 5.41) is 28.8. The summed E-state index contributed by atoms with van der Waals surface area (Å²) in [6.07, 6.45) is -1.10. The van der Waals surface area contributed by atoms with Crippen LogP contribution in [0.1, 0.15) is 26.7 Å². The van der Waals surface area contributed by atoms with Gasteiger partial charge in [0, 0.05) is 12.8 Å². The number of ether oxygens (including phenoxy) is 2. The molecule has 2 rings (SSSR count). The molecule has 0 bridgehead atoms. The van der Waals surface area contributed by atoms with Crippen LogP contribution in [0.5, 0.6) is 0 Å². The van der Waals surface area contributed by atoms with Gasteiger partial charge in [-0.15, -0.1) is 0 Å². The Bertz CT molecular complexity index is 254. The zero-order chi connectivity index (χ0) is 11.3. The molecular formula is C10H18O5. The maximum atomic E-state index is 9.92. The number of aliphatic hydroxyl groups is 3. The van der Waals surface area contributed by atoms with Crippen molar-refractivity contribution in [2.45, 2.75) is 56.4 Å². The number of hydrogen-bond donors (Lipinski definition) is 3. The number of rotatable bonds is 1. The van der Waals surface area contributed by atoms with Crippen molar-refractivity contribution in [3.63, 3.8) is 0 Å². The molecule has 15 heavy (non-hydrogen) atoms. The predicted molar refractivity (Wildman–Crippen MR) is 51.1 cm³/mol. The van der Waals surface area contributed by atoms with Crippen LogP contribution in [0.25, 0.3) is 0 Å². The molecule has 1 saturated carbocycles. The first kappa shape index (κ1) is 11.3. The fourth-order valence-electron chi connectivity index (χ4n) is 2.44. The van der Waals surface area contributed by atoms with Gasteiger partial charge in [-0.3, -0.25) is 0 Å². The van der Waals surface area contributed by atoms with Crippen LogP contribution in [0.4, 0.5) is 0 Å². The number of hydrogen-bond acceptors (Lipinski definition) is 5. The average Bonchev–Trinajstić information content (AvgIpc) is 2.40. The van der Waals surface area contributed by atoms with Crippen LogP contribution in [0.2, 0.25) is 0 Å². The molecular weight excluding hydrogens is 200 g/mol. The molecule has 0 aromatic heterocycles. The minimum atomic E-state index is -1.25. The second kappa shape index (κ2) is 3.40. The summed E-state index contributed by atoms with van der Waals surface area (Å²) in [6, 6.07) is 0. The molecule has 88 valence electrons. The molecule has 3 N–H and O–H groups in total. The lowest BCUT2D eigenvalue weighted by atomic mass is 9.80. The lowest BCUT2D eigenvalue weighted by Crippen LogP contribution is -2.52. The van der Waals surface area contributed by atoms with Crippen LogP contribution in [0, 0.1) is 0 Å². The highest BCUT2D eigenvalue weighted by Crippen LogP contribution is 2.40. The van der Waals surface area contributed by atoms with Gasteiger partial charge >= 0.3 is 0 Å². The van der Waals surface area contributed by atoms with Gasteiger partial charge in [0.25, 0.3) is 0 Å². The van der Waals surface area contributed by atoms with Crippen LogP contribution in [0.15, 0.2) is 0 Å². The molecule has 5 heteroatoms. The fourth-order valence-corrected chi connectivity index (χ4v) is 2.44. The summed E-state index contributed by atoms with van der Waals surface area (Å²) in [5.74, 6) is -0.725. The summed E-state index contributed by atoms with van der Waals surface area (Å²) in [4.78, 5) is 0.